The highest BCUT2D eigenvalue weighted by Gasteiger charge is 2.27. The lowest BCUT2D eigenvalue weighted by Crippen LogP contribution is -2.37. The molecule has 0 aromatic rings. The lowest BCUT2D eigenvalue weighted by molar-refractivity contribution is -0.870. The van der Waals surface area contributed by atoms with E-state index in [-0.39, 0.29) is 32.0 Å². The fourth-order valence-electron chi connectivity index (χ4n) is 11.0. The van der Waals surface area contributed by atoms with Gasteiger partial charge >= 0.3 is 19.8 Å². The van der Waals surface area contributed by atoms with Crippen molar-refractivity contribution in [2.75, 3.05) is 47.5 Å². The number of hydrogen-bond acceptors (Lipinski definition) is 7. The summed E-state index contributed by atoms with van der Waals surface area (Å²) in [5.41, 5.74) is 0. The second-order valence-electron chi connectivity index (χ2n) is 27.4. The first kappa shape index (κ1) is 91.2. The highest BCUT2D eigenvalue weighted by molar-refractivity contribution is 7.47. The van der Waals surface area contributed by atoms with Gasteiger partial charge in [0.05, 0.1) is 27.7 Å². The van der Waals surface area contributed by atoms with Gasteiger partial charge in [0, 0.05) is 12.8 Å². The largest absolute Gasteiger partial charge is 0.472 e. The van der Waals surface area contributed by atoms with Gasteiger partial charge in [-0.15, -0.1) is 0 Å². The van der Waals surface area contributed by atoms with Crippen molar-refractivity contribution in [2.24, 2.45) is 0 Å². The smallest absolute Gasteiger partial charge is 0.462 e. The van der Waals surface area contributed by atoms with Crippen LogP contribution in [0.1, 0.15) is 341 Å². The van der Waals surface area contributed by atoms with Gasteiger partial charge < -0.3 is 18.9 Å². The summed E-state index contributed by atoms with van der Waals surface area (Å²) in [6, 6.07) is 0. The molecule has 0 saturated carbocycles. The Kier molecular flexibility index (Phi) is 71.4. The molecule has 1 N–H and O–H groups in total. The molecule has 2 unspecified atom stereocenters. The van der Waals surface area contributed by atoms with Gasteiger partial charge in [-0.05, 0) is 96.3 Å². The first-order chi connectivity index (χ1) is 46.5. The molecule has 0 bridgehead atoms. The van der Waals surface area contributed by atoms with Gasteiger partial charge in [0.1, 0.15) is 19.8 Å². The van der Waals surface area contributed by atoms with Crippen molar-refractivity contribution >= 4 is 19.8 Å². The van der Waals surface area contributed by atoms with Crippen molar-refractivity contribution in [3.8, 4) is 0 Å². The Morgan fingerprint density at radius 2 is 0.600 bits per heavy atom. The van der Waals surface area contributed by atoms with Crippen LogP contribution < -0.4 is 0 Å². The molecule has 0 spiro atoms. The Bertz CT molecular complexity index is 2070. The van der Waals surface area contributed by atoms with Crippen LogP contribution in [0.3, 0.4) is 0 Å². The van der Waals surface area contributed by atoms with Crippen molar-refractivity contribution in [2.45, 2.75) is 347 Å². The van der Waals surface area contributed by atoms with E-state index >= 15 is 0 Å². The molecule has 0 aliphatic rings. The standard InChI is InChI=1S/C85H148NO8P/c1-6-8-10-12-14-16-18-20-22-24-26-28-30-32-34-36-38-39-40-41-42-43-44-45-46-47-48-50-52-54-56-58-60-62-64-66-68-70-72-74-76-78-85(88)94-83(82-93-95(89,90)92-80-79-86(3,4)5)81-91-84(87)77-75-73-71-69-67-65-63-61-59-57-55-53-51-49-37-35-33-31-29-27-25-23-21-19-17-15-13-11-9-7-2/h8,10,14,16,20,22,26,28,32,34,38-39,41-42,44-45,47-48,52,54,58,60,83H,6-7,9,11-13,15,17-19,21,23-25,27,29-31,33,35-37,40,43,46,49-51,53,55-57,59,61-82H2,1-5H3/p+1/b10-8-,16-14-,22-20-,28-26-,34-32-,39-38-,42-41-,45-44-,48-47-,54-52-,60-58-. The zero-order chi connectivity index (χ0) is 69.0. The quantitative estimate of drug-likeness (QED) is 0.0211. The summed E-state index contributed by atoms with van der Waals surface area (Å²) in [4.78, 5) is 36.0. The minimum Gasteiger partial charge on any atom is -0.462 e. The van der Waals surface area contributed by atoms with Gasteiger partial charge in [0.15, 0.2) is 6.10 Å². The number of unbranched alkanes of at least 4 members (excludes halogenated alkanes) is 36. The van der Waals surface area contributed by atoms with Crippen molar-refractivity contribution in [1.82, 2.24) is 0 Å². The number of esters is 2. The number of ether oxygens (including phenoxy) is 2. The Morgan fingerprint density at radius 1 is 0.337 bits per heavy atom. The van der Waals surface area contributed by atoms with E-state index in [0.29, 0.717) is 17.4 Å². The number of phosphoric acid groups is 1. The van der Waals surface area contributed by atoms with E-state index in [1.54, 1.807) is 0 Å². The van der Waals surface area contributed by atoms with Crippen molar-refractivity contribution in [3.05, 3.63) is 134 Å². The normalized spacial score (nSPS) is 13.8. The molecule has 2 atom stereocenters. The number of phosphoric ester groups is 1. The highest BCUT2D eigenvalue weighted by Crippen LogP contribution is 2.43. The van der Waals surface area contributed by atoms with Crippen LogP contribution in [-0.4, -0.2) is 74.9 Å². The second-order valence-corrected chi connectivity index (χ2v) is 28.8. The Morgan fingerprint density at radius 3 is 0.895 bits per heavy atom. The molecule has 95 heavy (non-hydrogen) atoms. The van der Waals surface area contributed by atoms with Crippen LogP contribution in [0.5, 0.6) is 0 Å². The van der Waals surface area contributed by atoms with Gasteiger partial charge in [-0.2, -0.15) is 0 Å². The minimum absolute atomic E-state index is 0.0250. The number of carbonyl (C=O) groups is 2. The molecule has 0 aromatic carbocycles. The zero-order valence-corrected chi connectivity index (χ0v) is 63.3. The van der Waals surface area contributed by atoms with Crippen LogP contribution in [-0.2, 0) is 32.7 Å². The van der Waals surface area contributed by atoms with Crippen LogP contribution in [0.15, 0.2) is 134 Å². The molecule has 0 rings (SSSR count). The summed E-state index contributed by atoms with van der Waals surface area (Å²) in [6.07, 6.45) is 109. The zero-order valence-electron chi connectivity index (χ0n) is 62.4. The number of quaternary nitrogens is 1. The monoisotopic (exact) mass is 1340 g/mol. The van der Waals surface area contributed by atoms with Crippen molar-refractivity contribution in [3.63, 3.8) is 0 Å². The van der Waals surface area contributed by atoms with Crippen LogP contribution in [0, 0.1) is 0 Å². The van der Waals surface area contributed by atoms with Crippen LogP contribution in [0.25, 0.3) is 0 Å². The van der Waals surface area contributed by atoms with E-state index in [9.17, 15) is 19.0 Å². The summed E-state index contributed by atoms with van der Waals surface area (Å²) in [6.45, 7) is 4.34. The van der Waals surface area contributed by atoms with Gasteiger partial charge in [0.2, 0.25) is 0 Å². The maximum Gasteiger partial charge on any atom is 0.472 e. The summed E-state index contributed by atoms with van der Waals surface area (Å²) < 4.78 is 34.8. The van der Waals surface area contributed by atoms with Crippen molar-refractivity contribution in [1.29, 1.82) is 0 Å². The number of likely N-dealkylation sites (N-methyl/N-ethyl adjacent to an activating group) is 1. The third kappa shape index (κ3) is 79.0. The third-order valence-corrected chi connectivity index (χ3v) is 17.9. The summed E-state index contributed by atoms with van der Waals surface area (Å²) in [5, 5.41) is 0. The predicted molar refractivity (Wildman–Crippen MR) is 413 cm³/mol. The number of carbonyl (C=O) groups excluding carboxylic acids is 2. The first-order valence-electron chi connectivity index (χ1n) is 39.4. The van der Waals surface area contributed by atoms with Gasteiger partial charge in [-0.1, -0.05) is 366 Å². The molecule has 10 heteroatoms. The molecule has 0 radical (unpaired) electrons. The Balaban J connectivity index is 4.06. The Labute approximate surface area is 587 Å². The fourth-order valence-corrected chi connectivity index (χ4v) is 11.7. The molecule has 0 aromatic heterocycles. The summed E-state index contributed by atoms with van der Waals surface area (Å²) >= 11 is 0. The van der Waals surface area contributed by atoms with E-state index in [1.807, 2.05) is 21.1 Å². The van der Waals surface area contributed by atoms with E-state index in [4.69, 9.17) is 18.5 Å². The van der Waals surface area contributed by atoms with Crippen LogP contribution >= 0.6 is 7.82 Å². The summed E-state index contributed by atoms with van der Waals surface area (Å²) in [5.74, 6) is -0.804. The van der Waals surface area contributed by atoms with E-state index in [1.165, 1.54) is 193 Å². The topological polar surface area (TPSA) is 108 Å². The molecule has 0 heterocycles. The van der Waals surface area contributed by atoms with Crippen LogP contribution in [0.2, 0.25) is 0 Å². The minimum atomic E-state index is -4.41. The van der Waals surface area contributed by atoms with Gasteiger partial charge in [0.25, 0.3) is 0 Å². The second kappa shape index (κ2) is 74.4. The fraction of sp³-hybridized carbons (Fsp3) is 0.718. The maximum atomic E-state index is 12.9. The maximum absolute atomic E-state index is 12.9. The third-order valence-electron chi connectivity index (χ3n) is 16.9. The number of rotatable bonds is 72. The molecule has 0 aliphatic carbocycles. The molecular weight excluding hydrogens is 1190 g/mol. The van der Waals surface area contributed by atoms with E-state index in [0.717, 1.165) is 116 Å². The molecule has 546 valence electrons. The number of nitrogens with zero attached hydrogens (tertiary/aromatic N) is 1. The molecule has 9 nitrogen and oxygen atoms in total. The average molecular weight is 1340 g/mol. The van der Waals surface area contributed by atoms with Gasteiger partial charge in [-0.3, -0.25) is 18.6 Å². The number of allylic oxidation sites excluding steroid dienone is 22. The average Bonchev–Trinajstić information content (AvgIpc) is 1.81. The SMILES string of the molecule is CC/C=C\C/C=C\C/C=C\C/C=C\C/C=C\C/C=C\C/C=C\C/C=C\C/C=C\C/C=C\C/C=C\CCCCCCCCCC(=O)OC(COC(=O)CCCCCCCCCCCCCCCCCCCCCCCCCCCCCCCC)COP(=O)(O)OCC[N+](C)(C)C. The molecule has 0 fully saturated rings. The van der Waals surface area contributed by atoms with Crippen LogP contribution in [0.4, 0.5) is 0 Å². The van der Waals surface area contributed by atoms with Gasteiger partial charge in [-0.25, -0.2) is 4.57 Å². The summed E-state index contributed by atoms with van der Waals surface area (Å²) in [7, 11) is 1.47. The highest BCUT2D eigenvalue weighted by atomic mass is 31.2. The lowest BCUT2D eigenvalue weighted by atomic mass is 10.0. The van der Waals surface area contributed by atoms with Crippen molar-refractivity contribution < 1.29 is 42.1 Å². The molecule has 0 saturated heterocycles. The van der Waals surface area contributed by atoms with E-state index in [2.05, 4.69) is 148 Å². The predicted octanol–water partition coefficient (Wildman–Crippen LogP) is 26.3. The first-order valence-corrected chi connectivity index (χ1v) is 40.9. The lowest BCUT2D eigenvalue weighted by Gasteiger charge is -2.24. The number of hydrogen-bond donors (Lipinski definition) is 1. The Hall–Kier alpha value is -3.85. The molecule has 0 amide bonds. The molecular formula is C85H149NO8P+. The van der Waals surface area contributed by atoms with E-state index < -0.39 is 26.5 Å². The molecule has 0 aliphatic heterocycles.